The lowest BCUT2D eigenvalue weighted by Gasteiger charge is -2.40. The molecule has 2 atom stereocenters. The number of carbonyl (C=O) groups is 1. The van der Waals surface area contributed by atoms with Gasteiger partial charge in [-0.1, -0.05) is 20.8 Å². The molecule has 0 rings (SSSR count). The molecule has 0 saturated heterocycles. The number of hydrogen-bond donors (Lipinski definition) is 1. The molecule has 0 aliphatic rings. The molecule has 0 heterocycles. The highest BCUT2D eigenvalue weighted by Crippen LogP contribution is 2.36. The summed E-state index contributed by atoms with van der Waals surface area (Å²) in [7, 11) is 0. The van der Waals surface area contributed by atoms with Gasteiger partial charge in [-0.15, -0.1) is 0 Å². The first-order valence-corrected chi connectivity index (χ1v) is 5.03. The van der Waals surface area contributed by atoms with Crippen LogP contribution in [0.4, 0.5) is 0 Å². The van der Waals surface area contributed by atoms with Crippen LogP contribution < -0.4 is 0 Å². The van der Waals surface area contributed by atoms with E-state index in [2.05, 4.69) is 0 Å². The molecule has 0 aliphatic carbocycles. The summed E-state index contributed by atoms with van der Waals surface area (Å²) in [5.74, 6) is -0.852. The van der Waals surface area contributed by atoms with Crippen molar-refractivity contribution in [2.45, 2.75) is 47.1 Å². The predicted octanol–water partition coefficient (Wildman–Crippen LogP) is 1.98. The minimum atomic E-state index is -1.06. The maximum Gasteiger partial charge on any atom is 0.311 e. The molecule has 0 fully saturated rings. The van der Waals surface area contributed by atoms with Crippen molar-refractivity contribution in [1.82, 2.24) is 0 Å². The first kappa shape index (κ1) is 13.4. The molecule has 0 saturated carbocycles. The van der Waals surface area contributed by atoms with Crippen LogP contribution in [0.15, 0.2) is 0 Å². The van der Waals surface area contributed by atoms with Gasteiger partial charge in [0.25, 0.3) is 0 Å². The average molecular weight is 202 g/mol. The normalized spacial score (nSPS) is 18.5. The Morgan fingerprint density at radius 2 is 1.79 bits per heavy atom. The van der Waals surface area contributed by atoms with Gasteiger partial charge in [-0.3, -0.25) is 4.79 Å². The van der Waals surface area contributed by atoms with Gasteiger partial charge in [-0.2, -0.15) is 0 Å². The summed E-state index contributed by atoms with van der Waals surface area (Å²) in [5.41, 5.74) is -1.40. The third kappa shape index (κ3) is 2.71. The van der Waals surface area contributed by atoms with Gasteiger partial charge in [0.15, 0.2) is 0 Å². The number of carbonyl (C=O) groups excluding carboxylic acids is 1. The van der Waals surface area contributed by atoms with Crippen molar-refractivity contribution < 1.29 is 14.6 Å². The van der Waals surface area contributed by atoms with Crippen molar-refractivity contribution in [1.29, 1.82) is 0 Å². The molecule has 0 aromatic heterocycles. The molecule has 3 heteroatoms. The van der Waals surface area contributed by atoms with E-state index < -0.39 is 11.5 Å². The van der Waals surface area contributed by atoms with Crippen LogP contribution in [0.1, 0.15) is 41.5 Å². The second kappa shape index (κ2) is 4.30. The smallest absolute Gasteiger partial charge is 0.311 e. The molecule has 2 unspecified atom stereocenters. The predicted molar refractivity (Wildman–Crippen MR) is 55.9 cm³/mol. The number of rotatable bonds is 3. The van der Waals surface area contributed by atoms with Gasteiger partial charge in [-0.05, 0) is 26.2 Å². The first-order valence-electron chi connectivity index (χ1n) is 5.03. The minimum Gasteiger partial charge on any atom is -0.466 e. The topological polar surface area (TPSA) is 46.5 Å². The molecule has 0 radical (unpaired) electrons. The number of ether oxygens (including phenoxy) is 1. The Kier molecular flexibility index (Phi) is 4.13. The second-order valence-corrected chi connectivity index (χ2v) is 4.87. The van der Waals surface area contributed by atoms with Gasteiger partial charge in [0.2, 0.25) is 0 Å². The fourth-order valence-electron chi connectivity index (χ4n) is 1.15. The zero-order valence-electron chi connectivity index (χ0n) is 10.0. The monoisotopic (exact) mass is 202 g/mol. The van der Waals surface area contributed by atoms with Crippen molar-refractivity contribution in [2.75, 3.05) is 6.61 Å². The van der Waals surface area contributed by atoms with E-state index in [4.69, 9.17) is 4.74 Å². The van der Waals surface area contributed by atoms with Crippen LogP contribution in [0.5, 0.6) is 0 Å². The van der Waals surface area contributed by atoms with Crippen molar-refractivity contribution in [3.8, 4) is 0 Å². The van der Waals surface area contributed by atoms with Crippen LogP contribution in [0.2, 0.25) is 0 Å². The van der Waals surface area contributed by atoms with Crippen LogP contribution in [0.3, 0.4) is 0 Å². The summed E-state index contributed by atoms with van der Waals surface area (Å²) in [4.78, 5) is 11.5. The SMILES string of the molecule is CCOC(=O)C(C)C(C)(O)C(C)(C)C. The van der Waals surface area contributed by atoms with Crippen molar-refractivity contribution in [3.05, 3.63) is 0 Å². The lowest BCUT2D eigenvalue weighted by Crippen LogP contribution is -2.48. The standard InChI is InChI=1S/C11H22O3/c1-7-14-9(12)8(2)11(6,13)10(3,4)5/h8,13H,7H2,1-6H3. The fourth-order valence-corrected chi connectivity index (χ4v) is 1.15. The summed E-state index contributed by atoms with van der Waals surface area (Å²) < 4.78 is 4.89. The minimum absolute atomic E-state index is 0.340. The highest BCUT2D eigenvalue weighted by atomic mass is 16.5. The summed E-state index contributed by atoms with van der Waals surface area (Å²) in [6.07, 6.45) is 0. The molecule has 0 amide bonds. The molecule has 14 heavy (non-hydrogen) atoms. The Balaban J connectivity index is 4.66. The molecule has 3 nitrogen and oxygen atoms in total. The van der Waals surface area contributed by atoms with Crippen LogP contribution in [0.25, 0.3) is 0 Å². The van der Waals surface area contributed by atoms with Gasteiger partial charge < -0.3 is 9.84 Å². The lowest BCUT2D eigenvalue weighted by molar-refractivity contribution is -0.164. The maximum absolute atomic E-state index is 11.5. The van der Waals surface area contributed by atoms with Crippen molar-refractivity contribution in [3.63, 3.8) is 0 Å². The molecule has 84 valence electrons. The Bertz CT molecular complexity index is 201. The molecular formula is C11H22O3. The molecule has 1 N–H and O–H groups in total. The van der Waals surface area contributed by atoms with Crippen LogP contribution in [-0.4, -0.2) is 23.3 Å². The highest BCUT2D eigenvalue weighted by molar-refractivity contribution is 5.73. The highest BCUT2D eigenvalue weighted by Gasteiger charge is 2.44. The molecule has 0 aromatic carbocycles. The molecule has 0 bridgehead atoms. The lowest BCUT2D eigenvalue weighted by atomic mass is 9.71. The van der Waals surface area contributed by atoms with Crippen molar-refractivity contribution >= 4 is 5.97 Å². The first-order chi connectivity index (χ1) is 6.14. The molecule has 0 aliphatic heterocycles. The Hall–Kier alpha value is -0.570. The summed E-state index contributed by atoms with van der Waals surface area (Å²) in [6.45, 7) is 11.2. The van der Waals surface area contributed by atoms with Crippen molar-refractivity contribution in [2.24, 2.45) is 11.3 Å². The van der Waals surface area contributed by atoms with Gasteiger partial charge in [0.1, 0.15) is 0 Å². The molecular weight excluding hydrogens is 180 g/mol. The third-order valence-electron chi connectivity index (χ3n) is 3.00. The summed E-state index contributed by atoms with van der Waals surface area (Å²) in [5, 5.41) is 10.2. The Labute approximate surface area is 86.5 Å². The van der Waals surface area contributed by atoms with E-state index in [0.29, 0.717) is 6.61 Å². The zero-order chi connectivity index (χ0) is 11.6. The van der Waals surface area contributed by atoms with Gasteiger partial charge in [-0.25, -0.2) is 0 Å². The molecule has 0 spiro atoms. The fraction of sp³-hybridized carbons (Fsp3) is 0.909. The number of hydrogen-bond acceptors (Lipinski definition) is 3. The second-order valence-electron chi connectivity index (χ2n) is 4.87. The Morgan fingerprint density at radius 1 is 1.36 bits per heavy atom. The number of esters is 1. The van der Waals surface area contributed by atoms with Crippen LogP contribution >= 0.6 is 0 Å². The zero-order valence-corrected chi connectivity index (χ0v) is 10.0. The van der Waals surface area contributed by atoms with Gasteiger partial charge in [0.05, 0.1) is 18.1 Å². The average Bonchev–Trinajstić information content (AvgIpc) is 2.01. The quantitative estimate of drug-likeness (QED) is 0.712. The maximum atomic E-state index is 11.5. The summed E-state index contributed by atoms with van der Waals surface area (Å²) >= 11 is 0. The van der Waals surface area contributed by atoms with E-state index in [1.54, 1.807) is 20.8 Å². The Morgan fingerprint density at radius 3 is 2.07 bits per heavy atom. The van der Waals surface area contributed by atoms with Gasteiger partial charge >= 0.3 is 5.97 Å². The molecule has 0 aromatic rings. The van der Waals surface area contributed by atoms with E-state index in [-0.39, 0.29) is 11.4 Å². The number of aliphatic hydroxyl groups is 1. The van der Waals surface area contributed by atoms with E-state index in [1.165, 1.54) is 0 Å². The summed E-state index contributed by atoms with van der Waals surface area (Å²) in [6, 6.07) is 0. The van der Waals surface area contributed by atoms with Crippen LogP contribution in [0, 0.1) is 11.3 Å². The van der Waals surface area contributed by atoms with Crippen LogP contribution in [-0.2, 0) is 9.53 Å². The van der Waals surface area contributed by atoms with E-state index in [9.17, 15) is 9.90 Å². The van der Waals surface area contributed by atoms with Gasteiger partial charge in [0, 0.05) is 0 Å². The van der Waals surface area contributed by atoms with E-state index in [1.807, 2.05) is 20.8 Å². The largest absolute Gasteiger partial charge is 0.466 e. The van der Waals surface area contributed by atoms with E-state index in [0.717, 1.165) is 0 Å². The van der Waals surface area contributed by atoms with E-state index >= 15 is 0 Å². The third-order valence-corrected chi connectivity index (χ3v) is 3.00.